The number of rotatable bonds is 4. The van der Waals surface area contributed by atoms with Crippen LogP contribution < -0.4 is 0 Å². The maximum atomic E-state index is 13.4. The molecule has 4 aromatic rings. The Balaban J connectivity index is 1.69. The first-order valence-electron chi connectivity index (χ1n) is 9.52. The van der Waals surface area contributed by atoms with E-state index in [-0.39, 0.29) is 11.6 Å². The van der Waals surface area contributed by atoms with Crippen LogP contribution in [0.3, 0.4) is 0 Å². The van der Waals surface area contributed by atoms with E-state index in [0.29, 0.717) is 20.9 Å². The highest BCUT2D eigenvalue weighted by Gasteiger charge is 2.33. The highest BCUT2D eigenvalue weighted by molar-refractivity contribution is 8.10. The Morgan fingerprint density at radius 3 is 1.77 bits per heavy atom. The second-order valence-electron chi connectivity index (χ2n) is 6.96. The van der Waals surface area contributed by atoms with Crippen LogP contribution in [0.4, 0.5) is 0 Å². The summed E-state index contributed by atoms with van der Waals surface area (Å²) in [5.41, 5.74) is 2.26. The van der Waals surface area contributed by atoms with E-state index in [4.69, 9.17) is 0 Å². The summed E-state index contributed by atoms with van der Waals surface area (Å²) in [6.07, 6.45) is 0. The van der Waals surface area contributed by atoms with Gasteiger partial charge in [0.2, 0.25) is 11.6 Å². The molecule has 0 unspecified atom stereocenters. The molecule has 1 aromatic heterocycles. The number of aromatic nitrogens is 1. The van der Waals surface area contributed by atoms with Gasteiger partial charge in [-0.15, -0.1) is 0 Å². The quantitative estimate of drug-likeness (QED) is 0.356. The predicted octanol–water partition coefficient (Wildman–Crippen LogP) is 6.35. The maximum Gasteiger partial charge on any atom is 0.201 e. The van der Waals surface area contributed by atoms with Crippen LogP contribution in [0.2, 0.25) is 0 Å². The number of nitrogens with zero attached hydrogens (tertiary/aromatic N) is 1. The number of carbonyl (C=O) groups excluding carboxylic acids is 2. The number of Topliss-reactive ketones (excluding diaryl/α,β-unsaturated/α-hetero) is 2. The van der Waals surface area contributed by atoms with Gasteiger partial charge in [-0.25, -0.2) is 0 Å². The number of aryl methyl sites for hydroxylation is 1. The van der Waals surface area contributed by atoms with Gasteiger partial charge in [-0.1, -0.05) is 102 Å². The summed E-state index contributed by atoms with van der Waals surface area (Å²) >= 11 is 2.80. The van der Waals surface area contributed by atoms with Gasteiger partial charge in [0, 0.05) is 29.1 Å². The van der Waals surface area contributed by atoms with Crippen LogP contribution in [0.1, 0.15) is 20.7 Å². The first kappa shape index (κ1) is 19.0. The molecule has 0 atom stereocenters. The van der Waals surface area contributed by atoms with Gasteiger partial charge >= 0.3 is 0 Å². The van der Waals surface area contributed by atoms with E-state index in [1.165, 1.54) is 23.5 Å². The summed E-state index contributed by atoms with van der Waals surface area (Å²) < 4.78 is 2.10. The molecule has 3 aromatic carbocycles. The molecule has 0 saturated heterocycles. The van der Waals surface area contributed by atoms with E-state index in [1.54, 1.807) is 24.3 Å². The fraction of sp³-hybridized carbons (Fsp3) is 0.0400. The fourth-order valence-corrected chi connectivity index (χ4v) is 6.21. The molecule has 0 radical (unpaired) electrons. The number of para-hydroxylation sites is 1. The summed E-state index contributed by atoms with van der Waals surface area (Å²) in [6, 6.07) is 26.4. The van der Waals surface area contributed by atoms with Crippen molar-refractivity contribution in [2.45, 2.75) is 9.92 Å². The normalized spacial score (nSPS) is 13.4. The van der Waals surface area contributed by atoms with E-state index in [0.717, 1.165) is 20.8 Å². The van der Waals surface area contributed by atoms with Crippen LogP contribution in [0, 0.1) is 0 Å². The minimum absolute atomic E-state index is 0.119. The molecule has 0 N–H and O–H groups in total. The lowest BCUT2D eigenvalue weighted by atomic mass is 10.1. The molecular formula is C25H17NO2S2. The number of carbonyl (C=O) groups is 2. The third-order valence-corrected chi connectivity index (χ3v) is 7.84. The van der Waals surface area contributed by atoms with Crippen LogP contribution >= 0.6 is 23.5 Å². The van der Waals surface area contributed by atoms with Gasteiger partial charge in [0.1, 0.15) is 0 Å². The predicted molar refractivity (Wildman–Crippen MR) is 123 cm³/mol. The van der Waals surface area contributed by atoms with Gasteiger partial charge in [-0.2, -0.15) is 0 Å². The Morgan fingerprint density at radius 2 is 1.17 bits per heavy atom. The number of hydrogen-bond donors (Lipinski definition) is 0. The molecule has 0 aliphatic carbocycles. The lowest BCUT2D eigenvalue weighted by Crippen LogP contribution is -2.12. The molecule has 5 rings (SSSR count). The van der Waals surface area contributed by atoms with E-state index >= 15 is 0 Å². The molecule has 30 heavy (non-hydrogen) atoms. The maximum absolute atomic E-state index is 13.4. The van der Waals surface area contributed by atoms with Crippen molar-refractivity contribution in [3.05, 3.63) is 106 Å². The molecule has 3 nitrogen and oxygen atoms in total. The molecule has 1 aliphatic rings. The van der Waals surface area contributed by atoms with Crippen molar-refractivity contribution in [2.24, 2.45) is 7.05 Å². The number of thioether (sulfide) groups is 2. The minimum atomic E-state index is -0.122. The van der Waals surface area contributed by atoms with E-state index in [9.17, 15) is 9.59 Å². The van der Waals surface area contributed by atoms with E-state index < -0.39 is 0 Å². The number of benzene rings is 3. The average molecular weight is 428 g/mol. The molecule has 146 valence electrons. The first-order valence-corrected chi connectivity index (χ1v) is 11.2. The van der Waals surface area contributed by atoms with Crippen LogP contribution in [0.5, 0.6) is 0 Å². The van der Waals surface area contributed by atoms with Crippen molar-refractivity contribution in [3.8, 4) is 0 Å². The lowest BCUT2D eigenvalue weighted by molar-refractivity contribution is 0.101. The number of hydrogen-bond acceptors (Lipinski definition) is 4. The highest BCUT2D eigenvalue weighted by Crippen LogP contribution is 2.52. The first-order chi connectivity index (χ1) is 14.6. The van der Waals surface area contributed by atoms with Crippen molar-refractivity contribution in [1.29, 1.82) is 0 Å². The average Bonchev–Trinajstić information content (AvgIpc) is 3.10. The Morgan fingerprint density at radius 1 is 0.667 bits per heavy atom. The van der Waals surface area contributed by atoms with Crippen LogP contribution in [0.15, 0.2) is 105 Å². The van der Waals surface area contributed by atoms with Crippen molar-refractivity contribution < 1.29 is 9.59 Å². The molecule has 0 saturated carbocycles. The highest BCUT2D eigenvalue weighted by atomic mass is 32.2. The number of allylic oxidation sites excluding steroid dienone is 2. The fourth-order valence-electron chi connectivity index (χ4n) is 3.58. The van der Waals surface area contributed by atoms with E-state index in [2.05, 4.69) is 16.7 Å². The third-order valence-electron chi connectivity index (χ3n) is 5.10. The molecule has 0 bridgehead atoms. The summed E-state index contributed by atoms with van der Waals surface area (Å²) in [5, 5.41) is 2.09. The monoisotopic (exact) mass is 427 g/mol. The molecule has 0 fully saturated rings. The summed E-state index contributed by atoms with van der Waals surface area (Å²) in [6.45, 7) is 0. The second kappa shape index (κ2) is 7.67. The Hall–Kier alpha value is -3.02. The zero-order valence-electron chi connectivity index (χ0n) is 16.2. The summed E-state index contributed by atoms with van der Waals surface area (Å²) in [5.74, 6) is -0.241. The largest absolute Gasteiger partial charge is 0.338 e. The third kappa shape index (κ3) is 3.11. The minimum Gasteiger partial charge on any atom is -0.338 e. The standard InChI is InChI=1S/C25H17NO2S2/c1-26-19-15-9-8-14-18(19)22-25(26)30-24(21(28)17-12-6-3-7-13-17)23(29-22)20(27)16-10-4-2-5-11-16/h2-15H,1H3. The Labute approximate surface area is 182 Å². The molecule has 0 amide bonds. The van der Waals surface area contributed by atoms with Crippen LogP contribution in [0.25, 0.3) is 10.9 Å². The summed E-state index contributed by atoms with van der Waals surface area (Å²) in [4.78, 5) is 28.9. The van der Waals surface area contributed by atoms with Gasteiger partial charge in [0.15, 0.2) is 0 Å². The molecular weight excluding hydrogens is 410 g/mol. The van der Waals surface area contributed by atoms with Crippen molar-refractivity contribution >= 4 is 46.0 Å². The van der Waals surface area contributed by atoms with Crippen molar-refractivity contribution in [2.75, 3.05) is 0 Å². The second-order valence-corrected chi connectivity index (χ2v) is 8.98. The van der Waals surface area contributed by atoms with Crippen molar-refractivity contribution in [3.63, 3.8) is 0 Å². The molecule has 5 heteroatoms. The summed E-state index contributed by atoms with van der Waals surface area (Å²) in [7, 11) is 2.00. The van der Waals surface area contributed by atoms with Gasteiger partial charge in [0.25, 0.3) is 0 Å². The lowest BCUT2D eigenvalue weighted by Gasteiger charge is -2.19. The zero-order valence-corrected chi connectivity index (χ0v) is 17.8. The van der Waals surface area contributed by atoms with Crippen molar-refractivity contribution in [1.82, 2.24) is 4.57 Å². The Bertz CT molecular complexity index is 1320. The molecule has 0 spiro atoms. The number of ketones is 2. The topological polar surface area (TPSA) is 39.1 Å². The van der Waals surface area contributed by atoms with E-state index in [1.807, 2.05) is 55.6 Å². The van der Waals surface area contributed by atoms with Gasteiger partial charge in [0.05, 0.1) is 19.7 Å². The smallest absolute Gasteiger partial charge is 0.201 e. The van der Waals surface area contributed by atoms with Crippen LogP contribution in [-0.2, 0) is 7.05 Å². The number of fused-ring (bicyclic) bond motifs is 3. The SMILES string of the molecule is Cn1c2c(c3ccccc31)SC(C(=O)c1ccccc1)=C(C(=O)c1ccccc1)S2. The zero-order chi connectivity index (χ0) is 20.7. The Kier molecular flexibility index (Phi) is 4.85. The molecule has 2 heterocycles. The van der Waals surface area contributed by atoms with Crippen LogP contribution in [-0.4, -0.2) is 16.1 Å². The molecule has 1 aliphatic heterocycles. The van der Waals surface area contributed by atoms with Gasteiger partial charge in [-0.3, -0.25) is 9.59 Å². The van der Waals surface area contributed by atoms with Gasteiger partial charge in [-0.05, 0) is 6.07 Å². The van der Waals surface area contributed by atoms with Gasteiger partial charge < -0.3 is 4.57 Å².